The van der Waals surface area contributed by atoms with E-state index in [-0.39, 0.29) is 5.69 Å². The summed E-state index contributed by atoms with van der Waals surface area (Å²) in [7, 11) is 0. The molecule has 108 valence electrons. The number of anilines is 1. The third-order valence-electron chi connectivity index (χ3n) is 2.88. The highest BCUT2D eigenvalue weighted by atomic mass is 32.1. The molecule has 0 aliphatic rings. The lowest BCUT2D eigenvalue weighted by Gasteiger charge is -2.06. The zero-order chi connectivity index (χ0) is 14.7. The van der Waals surface area contributed by atoms with Crippen LogP contribution in [0.3, 0.4) is 0 Å². The number of aryl methyl sites for hydroxylation is 3. The lowest BCUT2D eigenvalue weighted by Crippen LogP contribution is -2.11. The molecule has 0 unspecified atom stereocenters. The smallest absolute Gasteiger partial charge is 0.360 e. The van der Waals surface area contributed by atoms with E-state index >= 15 is 0 Å². The van der Waals surface area contributed by atoms with Crippen LogP contribution in [0.4, 0.5) is 5.82 Å². The number of esters is 1. The highest BCUT2D eigenvalue weighted by Crippen LogP contribution is 2.17. The molecule has 2 rings (SSSR count). The van der Waals surface area contributed by atoms with Crippen LogP contribution in [0, 0.1) is 13.8 Å². The van der Waals surface area contributed by atoms with Gasteiger partial charge in [0.05, 0.1) is 11.6 Å². The van der Waals surface area contributed by atoms with Crippen molar-refractivity contribution in [3.63, 3.8) is 0 Å². The van der Waals surface area contributed by atoms with Gasteiger partial charge in [0.25, 0.3) is 0 Å². The predicted octanol–water partition coefficient (Wildman–Crippen LogP) is 1.96. The first-order valence-electron chi connectivity index (χ1n) is 6.43. The minimum Gasteiger partial charge on any atom is -0.461 e. The van der Waals surface area contributed by atoms with E-state index in [2.05, 4.69) is 9.97 Å². The molecule has 2 aromatic heterocycles. The molecule has 2 aromatic rings. The van der Waals surface area contributed by atoms with Gasteiger partial charge in [-0.25, -0.2) is 14.8 Å². The van der Waals surface area contributed by atoms with Crippen LogP contribution in [0.1, 0.15) is 33.9 Å². The Morgan fingerprint density at radius 1 is 1.45 bits per heavy atom. The SMILES string of the molecule is CCOC(=O)c1nc(C)n(CCc2nc(C)cs2)c1N. The van der Waals surface area contributed by atoms with Crippen molar-refractivity contribution in [1.29, 1.82) is 0 Å². The summed E-state index contributed by atoms with van der Waals surface area (Å²) in [6, 6.07) is 0. The van der Waals surface area contributed by atoms with Crippen molar-refractivity contribution in [1.82, 2.24) is 14.5 Å². The number of imidazole rings is 1. The normalized spacial score (nSPS) is 10.8. The first-order chi connectivity index (χ1) is 9.52. The second kappa shape index (κ2) is 6.04. The van der Waals surface area contributed by atoms with Crippen LogP contribution < -0.4 is 5.73 Å². The number of nitrogens with zero attached hydrogens (tertiary/aromatic N) is 3. The summed E-state index contributed by atoms with van der Waals surface area (Å²) in [5, 5.41) is 3.07. The highest BCUT2D eigenvalue weighted by Gasteiger charge is 2.19. The Morgan fingerprint density at radius 3 is 2.80 bits per heavy atom. The van der Waals surface area contributed by atoms with Crippen molar-refractivity contribution in [2.75, 3.05) is 12.3 Å². The van der Waals surface area contributed by atoms with E-state index in [4.69, 9.17) is 10.5 Å². The summed E-state index contributed by atoms with van der Waals surface area (Å²) >= 11 is 1.62. The number of carbonyl (C=O) groups excluding carboxylic acids is 1. The van der Waals surface area contributed by atoms with Gasteiger partial charge in [-0.15, -0.1) is 11.3 Å². The Morgan fingerprint density at radius 2 is 2.20 bits per heavy atom. The quantitative estimate of drug-likeness (QED) is 0.852. The minimum atomic E-state index is -0.475. The Bertz CT molecular complexity index is 618. The zero-order valence-corrected chi connectivity index (χ0v) is 12.7. The number of nitrogen functional groups attached to an aromatic ring is 1. The van der Waals surface area contributed by atoms with Gasteiger partial charge in [0, 0.05) is 24.0 Å². The first-order valence-corrected chi connectivity index (χ1v) is 7.31. The van der Waals surface area contributed by atoms with Crippen LogP contribution in [-0.2, 0) is 17.7 Å². The third kappa shape index (κ3) is 2.98. The predicted molar refractivity (Wildman–Crippen MR) is 77.9 cm³/mol. The number of aromatic nitrogens is 3. The number of thiazole rings is 1. The maximum atomic E-state index is 11.7. The Hall–Kier alpha value is -1.89. The molecule has 0 aliphatic heterocycles. The molecule has 0 atom stereocenters. The maximum Gasteiger partial charge on any atom is 0.360 e. The summed E-state index contributed by atoms with van der Waals surface area (Å²) in [6.45, 7) is 6.50. The molecule has 0 aromatic carbocycles. The molecule has 0 aliphatic carbocycles. The average Bonchev–Trinajstić information content (AvgIpc) is 2.92. The molecule has 0 spiro atoms. The number of nitrogens with two attached hydrogens (primary N) is 1. The van der Waals surface area contributed by atoms with Crippen molar-refractivity contribution in [3.05, 3.63) is 27.6 Å². The summed E-state index contributed by atoms with van der Waals surface area (Å²) in [5.74, 6) is 0.588. The van der Waals surface area contributed by atoms with Gasteiger partial charge in [0.15, 0.2) is 5.69 Å². The fraction of sp³-hybridized carbons (Fsp3) is 0.462. The molecule has 0 radical (unpaired) electrons. The number of rotatable bonds is 5. The monoisotopic (exact) mass is 294 g/mol. The Labute approximate surface area is 121 Å². The summed E-state index contributed by atoms with van der Waals surface area (Å²) in [4.78, 5) is 20.3. The van der Waals surface area contributed by atoms with E-state index in [9.17, 15) is 4.79 Å². The summed E-state index contributed by atoms with van der Waals surface area (Å²) < 4.78 is 6.76. The van der Waals surface area contributed by atoms with Crippen molar-refractivity contribution in [2.24, 2.45) is 0 Å². The largest absolute Gasteiger partial charge is 0.461 e. The fourth-order valence-electron chi connectivity index (χ4n) is 1.94. The van der Waals surface area contributed by atoms with Gasteiger partial charge in [-0.1, -0.05) is 0 Å². The minimum absolute atomic E-state index is 0.194. The summed E-state index contributed by atoms with van der Waals surface area (Å²) in [6.07, 6.45) is 0.766. The molecule has 0 saturated heterocycles. The molecule has 2 N–H and O–H groups in total. The number of carbonyl (C=O) groups is 1. The number of ether oxygens (including phenoxy) is 1. The van der Waals surface area contributed by atoms with E-state index in [1.165, 1.54) is 0 Å². The standard InChI is InChI=1S/C13H18N4O2S/c1-4-19-13(18)11-12(14)17(9(3)16-11)6-5-10-15-8(2)7-20-10/h7H,4-6,14H2,1-3H3. The molecule has 20 heavy (non-hydrogen) atoms. The lowest BCUT2D eigenvalue weighted by atomic mass is 10.4. The van der Waals surface area contributed by atoms with E-state index < -0.39 is 5.97 Å². The van der Waals surface area contributed by atoms with Crippen molar-refractivity contribution in [2.45, 2.75) is 33.7 Å². The fourth-order valence-corrected chi connectivity index (χ4v) is 2.70. The van der Waals surface area contributed by atoms with Crippen molar-refractivity contribution >= 4 is 23.1 Å². The van der Waals surface area contributed by atoms with Gasteiger partial charge in [-0.05, 0) is 20.8 Å². The molecule has 0 amide bonds. The van der Waals surface area contributed by atoms with Gasteiger partial charge in [-0.3, -0.25) is 0 Å². The second-order valence-electron chi connectivity index (χ2n) is 4.40. The van der Waals surface area contributed by atoms with E-state index in [1.54, 1.807) is 18.3 Å². The van der Waals surface area contributed by atoms with E-state index in [1.807, 2.05) is 23.8 Å². The number of hydrogen-bond donors (Lipinski definition) is 1. The van der Waals surface area contributed by atoms with Crippen molar-refractivity contribution < 1.29 is 9.53 Å². The zero-order valence-electron chi connectivity index (χ0n) is 11.8. The second-order valence-corrected chi connectivity index (χ2v) is 5.34. The molecule has 0 saturated carbocycles. The number of hydrogen-bond acceptors (Lipinski definition) is 6. The van der Waals surface area contributed by atoms with Gasteiger partial charge in [-0.2, -0.15) is 0 Å². The van der Waals surface area contributed by atoms with E-state index in [0.29, 0.717) is 24.8 Å². The van der Waals surface area contributed by atoms with Gasteiger partial charge in [0.1, 0.15) is 11.6 Å². The molecule has 6 nitrogen and oxygen atoms in total. The first kappa shape index (κ1) is 14.5. The molecule has 2 heterocycles. The van der Waals surface area contributed by atoms with Gasteiger partial charge in [0.2, 0.25) is 0 Å². The van der Waals surface area contributed by atoms with Gasteiger partial charge >= 0.3 is 5.97 Å². The Balaban J connectivity index is 2.14. The van der Waals surface area contributed by atoms with Crippen LogP contribution >= 0.6 is 11.3 Å². The lowest BCUT2D eigenvalue weighted by molar-refractivity contribution is 0.0521. The molecule has 7 heteroatoms. The summed E-state index contributed by atoms with van der Waals surface area (Å²) in [5.41, 5.74) is 7.20. The van der Waals surface area contributed by atoms with Crippen LogP contribution in [0.15, 0.2) is 5.38 Å². The highest BCUT2D eigenvalue weighted by molar-refractivity contribution is 7.09. The molecular weight excluding hydrogens is 276 g/mol. The van der Waals surface area contributed by atoms with Crippen LogP contribution in [0.2, 0.25) is 0 Å². The Kier molecular flexibility index (Phi) is 4.39. The maximum absolute atomic E-state index is 11.7. The topological polar surface area (TPSA) is 83.0 Å². The van der Waals surface area contributed by atoms with E-state index in [0.717, 1.165) is 17.1 Å². The third-order valence-corrected chi connectivity index (χ3v) is 3.91. The van der Waals surface area contributed by atoms with Gasteiger partial charge < -0.3 is 15.0 Å². The van der Waals surface area contributed by atoms with Crippen molar-refractivity contribution in [3.8, 4) is 0 Å². The van der Waals surface area contributed by atoms with Crippen LogP contribution in [0.25, 0.3) is 0 Å². The molecule has 0 bridgehead atoms. The van der Waals surface area contributed by atoms with Crippen LogP contribution in [-0.4, -0.2) is 27.1 Å². The molecular formula is C13H18N4O2S. The average molecular weight is 294 g/mol. The molecule has 0 fully saturated rings. The van der Waals surface area contributed by atoms with Crippen LogP contribution in [0.5, 0.6) is 0 Å².